The lowest BCUT2D eigenvalue weighted by Crippen LogP contribution is -2.72. The topological polar surface area (TPSA) is 148 Å². The third-order valence-electron chi connectivity index (χ3n) is 12.3. The molecule has 258 valence electrons. The first-order chi connectivity index (χ1) is 22.7. The normalized spacial score (nSPS) is 37.3. The van der Waals surface area contributed by atoms with Crippen molar-refractivity contribution in [1.29, 1.82) is 0 Å². The zero-order valence-electron chi connectivity index (χ0n) is 28.3. The van der Waals surface area contributed by atoms with Crippen LogP contribution in [0, 0.1) is 34.5 Å². The number of aliphatic hydroxyl groups excluding tert-OH is 1. The summed E-state index contributed by atoms with van der Waals surface area (Å²) in [6, 6.07) is 17.2. The number of hydrogen-bond acceptors (Lipinski definition) is 9. The Hall–Kier alpha value is -3.60. The number of benzene rings is 2. The van der Waals surface area contributed by atoms with Gasteiger partial charge in [-0.15, -0.1) is 0 Å². The Kier molecular flexibility index (Phi) is 9.06. The van der Waals surface area contributed by atoms with Gasteiger partial charge >= 0.3 is 11.9 Å². The van der Waals surface area contributed by atoms with Crippen LogP contribution in [0.25, 0.3) is 0 Å². The van der Waals surface area contributed by atoms with Gasteiger partial charge in [0.15, 0.2) is 11.9 Å². The highest BCUT2D eigenvalue weighted by atomic mass is 16.6. The van der Waals surface area contributed by atoms with Crippen LogP contribution in [0.15, 0.2) is 60.7 Å². The van der Waals surface area contributed by atoms with Crippen molar-refractivity contribution in [2.45, 2.75) is 96.4 Å². The molecule has 0 spiro atoms. The van der Waals surface area contributed by atoms with Crippen LogP contribution in [0.1, 0.15) is 82.3 Å². The molecule has 3 unspecified atom stereocenters. The standard InChI is InChI=1S/C38H47NO9/c1-21-29(48-31(42)16-27(23-12-8-6-9-13-23)39-35(44)24-14-10-7-11-15-24)19-38(45)18-26-25-20-46-28(25)17-30(41)37(26,5)34(43)33(47-22(2)40)32(21)36(38,3)4/h6-15,21,25-30,32-33,41,45H,16-20H2,1-5H3,(H,39,44)/t21?,25-,26+,27?,28+,29-,30-,32?,33+,37-,38-/m0/s1. The van der Waals surface area contributed by atoms with Gasteiger partial charge in [-0.2, -0.15) is 0 Å². The fourth-order valence-corrected chi connectivity index (χ4v) is 9.25. The summed E-state index contributed by atoms with van der Waals surface area (Å²) in [5.41, 5.74) is -2.47. The summed E-state index contributed by atoms with van der Waals surface area (Å²) < 4.78 is 17.8. The van der Waals surface area contributed by atoms with Gasteiger partial charge in [-0.05, 0) is 37.0 Å². The summed E-state index contributed by atoms with van der Waals surface area (Å²) in [4.78, 5) is 54.1. The number of fused-ring (bicyclic) bond motifs is 5. The van der Waals surface area contributed by atoms with Gasteiger partial charge in [0.05, 0.1) is 42.3 Å². The highest BCUT2D eigenvalue weighted by Gasteiger charge is 2.70. The van der Waals surface area contributed by atoms with Gasteiger partial charge in [0.25, 0.3) is 5.91 Å². The summed E-state index contributed by atoms with van der Waals surface area (Å²) in [7, 11) is 0. The lowest BCUT2D eigenvalue weighted by atomic mass is 9.44. The number of hydrogen-bond donors (Lipinski definition) is 3. The van der Waals surface area contributed by atoms with E-state index in [-0.39, 0.29) is 43.0 Å². The van der Waals surface area contributed by atoms with Gasteiger partial charge in [-0.25, -0.2) is 0 Å². The average Bonchev–Trinajstić information content (AvgIpc) is 3.03. The first-order valence-corrected chi connectivity index (χ1v) is 17.0. The Morgan fingerprint density at radius 3 is 2.25 bits per heavy atom. The predicted molar refractivity (Wildman–Crippen MR) is 174 cm³/mol. The van der Waals surface area contributed by atoms with Crippen molar-refractivity contribution in [3.05, 3.63) is 71.8 Å². The van der Waals surface area contributed by atoms with E-state index in [1.807, 2.05) is 57.2 Å². The molecule has 10 nitrogen and oxygen atoms in total. The number of carbonyl (C=O) groups excluding carboxylic acids is 4. The van der Waals surface area contributed by atoms with Crippen LogP contribution in [0.2, 0.25) is 0 Å². The van der Waals surface area contributed by atoms with Crippen LogP contribution in [0.5, 0.6) is 0 Å². The number of amides is 1. The molecule has 1 saturated heterocycles. The maximum atomic E-state index is 14.7. The van der Waals surface area contributed by atoms with E-state index >= 15 is 0 Å². The van der Waals surface area contributed by atoms with Gasteiger partial charge in [0.1, 0.15) is 6.10 Å². The fourth-order valence-electron chi connectivity index (χ4n) is 9.25. The smallest absolute Gasteiger partial charge is 0.308 e. The number of aliphatic hydroxyl groups is 2. The molecule has 2 aromatic carbocycles. The third kappa shape index (κ3) is 5.75. The summed E-state index contributed by atoms with van der Waals surface area (Å²) in [6.07, 6.45) is -2.95. The lowest BCUT2D eigenvalue weighted by Gasteiger charge is -2.64. The number of rotatable bonds is 7. The highest BCUT2D eigenvalue weighted by Crippen LogP contribution is 2.63. The van der Waals surface area contributed by atoms with Gasteiger partial charge in [-0.1, -0.05) is 69.3 Å². The molecule has 0 aromatic heterocycles. The van der Waals surface area contributed by atoms with Crippen LogP contribution >= 0.6 is 0 Å². The minimum Gasteiger partial charge on any atom is -0.462 e. The molecule has 3 aliphatic carbocycles. The molecule has 1 aliphatic heterocycles. The second-order valence-corrected chi connectivity index (χ2v) is 15.2. The number of ether oxygens (including phenoxy) is 3. The minimum absolute atomic E-state index is 0.0584. The minimum atomic E-state index is -1.45. The Balaban J connectivity index is 1.31. The van der Waals surface area contributed by atoms with Crippen LogP contribution in [-0.4, -0.2) is 70.5 Å². The van der Waals surface area contributed by atoms with Crippen molar-refractivity contribution < 1.29 is 43.6 Å². The third-order valence-corrected chi connectivity index (χ3v) is 12.3. The Bertz CT molecular complexity index is 1550. The molecule has 4 aliphatic rings. The molecule has 2 aromatic rings. The fraction of sp³-hybridized carbons (Fsp3) is 0.579. The van der Waals surface area contributed by atoms with E-state index in [1.54, 1.807) is 31.2 Å². The summed E-state index contributed by atoms with van der Waals surface area (Å²) >= 11 is 0. The predicted octanol–water partition coefficient (Wildman–Crippen LogP) is 4.18. The van der Waals surface area contributed by atoms with Crippen molar-refractivity contribution in [2.24, 2.45) is 34.5 Å². The van der Waals surface area contributed by atoms with E-state index in [1.165, 1.54) is 6.92 Å². The molecule has 48 heavy (non-hydrogen) atoms. The van der Waals surface area contributed by atoms with Crippen LogP contribution < -0.4 is 5.32 Å². The number of esters is 2. The molecule has 10 heteroatoms. The quantitative estimate of drug-likeness (QED) is 0.372. The molecular formula is C38H47NO9. The van der Waals surface area contributed by atoms with E-state index < -0.39 is 70.5 Å². The molecule has 2 bridgehead atoms. The Morgan fingerprint density at radius 1 is 1.00 bits per heavy atom. The van der Waals surface area contributed by atoms with Gasteiger partial charge in [0.2, 0.25) is 0 Å². The zero-order valence-corrected chi connectivity index (χ0v) is 28.3. The van der Waals surface area contributed by atoms with Crippen molar-refractivity contribution in [2.75, 3.05) is 6.61 Å². The van der Waals surface area contributed by atoms with Gasteiger partial charge < -0.3 is 29.7 Å². The number of nitrogens with one attached hydrogen (secondary N) is 1. The molecule has 6 rings (SSSR count). The number of Topliss-reactive ketones (excluding diaryl/α,β-unsaturated/α-hetero) is 1. The molecule has 11 atom stereocenters. The summed E-state index contributed by atoms with van der Waals surface area (Å²) in [6.45, 7) is 9.02. The molecule has 4 fully saturated rings. The van der Waals surface area contributed by atoms with Crippen molar-refractivity contribution in [1.82, 2.24) is 5.32 Å². The van der Waals surface area contributed by atoms with Crippen molar-refractivity contribution in [3.8, 4) is 0 Å². The maximum absolute atomic E-state index is 14.7. The number of ketones is 1. The molecule has 1 heterocycles. The second kappa shape index (κ2) is 12.7. The Morgan fingerprint density at radius 2 is 1.65 bits per heavy atom. The van der Waals surface area contributed by atoms with Crippen LogP contribution in [-0.2, 0) is 28.6 Å². The molecule has 0 radical (unpaired) electrons. The van der Waals surface area contributed by atoms with E-state index in [0.717, 1.165) is 5.56 Å². The van der Waals surface area contributed by atoms with Crippen molar-refractivity contribution in [3.63, 3.8) is 0 Å². The molecular weight excluding hydrogens is 614 g/mol. The van der Waals surface area contributed by atoms with Crippen LogP contribution in [0.3, 0.4) is 0 Å². The molecule has 3 saturated carbocycles. The number of carbonyl (C=O) groups is 4. The Labute approximate surface area is 281 Å². The largest absolute Gasteiger partial charge is 0.462 e. The van der Waals surface area contributed by atoms with Gasteiger partial charge in [-0.3, -0.25) is 19.2 Å². The first-order valence-electron chi connectivity index (χ1n) is 17.0. The summed E-state index contributed by atoms with van der Waals surface area (Å²) in [5.74, 6) is -3.66. The van der Waals surface area contributed by atoms with E-state index in [2.05, 4.69) is 5.32 Å². The maximum Gasteiger partial charge on any atom is 0.308 e. The lowest BCUT2D eigenvalue weighted by molar-refractivity contribution is -0.271. The molecule has 1 amide bonds. The second-order valence-electron chi connectivity index (χ2n) is 15.2. The van der Waals surface area contributed by atoms with Crippen LogP contribution in [0.4, 0.5) is 0 Å². The highest BCUT2D eigenvalue weighted by molar-refractivity contribution is 5.94. The van der Waals surface area contributed by atoms with E-state index in [0.29, 0.717) is 18.6 Å². The first kappa shape index (κ1) is 34.3. The monoisotopic (exact) mass is 661 g/mol. The summed E-state index contributed by atoms with van der Waals surface area (Å²) in [5, 5.41) is 27.1. The average molecular weight is 662 g/mol. The zero-order chi connectivity index (χ0) is 34.6. The van der Waals surface area contributed by atoms with E-state index in [9.17, 15) is 29.4 Å². The van der Waals surface area contributed by atoms with E-state index in [4.69, 9.17) is 14.2 Å². The van der Waals surface area contributed by atoms with Crippen molar-refractivity contribution >= 4 is 23.6 Å². The molecule has 3 N–H and O–H groups in total. The SMILES string of the molecule is CC(=O)O[C@H]1C(=O)[C@@]2(C)[C@H](C[C@]3(O)C[C@H](OC(=O)CC(NC(=O)c4ccccc4)c4ccccc4)C(C)C1C3(C)C)[C@@H]1CO[C@@H]1C[C@@H]2O. The van der Waals surface area contributed by atoms with Gasteiger partial charge in [0, 0.05) is 48.5 Å².